The minimum atomic E-state index is -0.0781. The van der Waals surface area contributed by atoms with E-state index < -0.39 is 0 Å². The number of carbonyl (C=O) groups is 1. The van der Waals surface area contributed by atoms with Gasteiger partial charge in [0.1, 0.15) is 5.82 Å². The molecule has 1 atom stereocenters. The van der Waals surface area contributed by atoms with Crippen LogP contribution in [0.1, 0.15) is 41.1 Å². The van der Waals surface area contributed by atoms with Crippen molar-refractivity contribution in [3.05, 3.63) is 75.8 Å². The standard InChI is InChI=1S/C21H21N3O2/c1-14(15-7-4-3-5-8-15)23(2)20(25)16-10-11-17-18(13-16)22-19-9-6-12-24(19)21(17)26/h3-5,7-8,10-11,13-14H,6,9,12H2,1-2H3. The molecule has 0 aliphatic carbocycles. The van der Waals surface area contributed by atoms with Gasteiger partial charge in [0, 0.05) is 25.6 Å². The van der Waals surface area contributed by atoms with E-state index >= 15 is 0 Å². The van der Waals surface area contributed by atoms with Crippen molar-refractivity contribution in [2.45, 2.75) is 32.4 Å². The number of fused-ring (bicyclic) bond motifs is 2. The van der Waals surface area contributed by atoms with Crippen molar-refractivity contribution in [1.29, 1.82) is 0 Å². The van der Waals surface area contributed by atoms with Gasteiger partial charge >= 0.3 is 0 Å². The molecule has 3 aromatic rings. The molecule has 4 rings (SSSR count). The Kier molecular flexibility index (Phi) is 4.07. The Morgan fingerprint density at radius 1 is 1.19 bits per heavy atom. The first kappa shape index (κ1) is 16.5. The molecule has 0 bridgehead atoms. The highest BCUT2D eigenvalue weighted by atomic mass is 16.2. The molecule has 1 unspecified atom stereocenters. The lowest BCUT2D eigenvalue weighted by Crippen LogP contribution is -2.29. The van der Waals surface area contributed by atoms with Crippen molar-refractivity contribution in [3.8, 4) is 0 Å². The van der Waals surface area contributed by atoms with Crippen LogP contribution in [0.25, 0.3) is 10.9 Å². The molecule has 1 aliphatic heterocycles. The lowest BCUT2D eigenvalue weighted by atomic mass is 10.1. The highest BCUT2D eigenvalue weighted by Gasteiger charge is 2.21. The summed E-state index contributed by atoms with van der Waals surface area (Å²) in [6, 6.07) is 15.1. The summed E-state index contributed by atoms with van der Waals surface area (Å²) < 4.78 is 1.74. The predicted molar refractivity (Wildman–Crippen MR) is 101 cm³/mol. The Hall–Kier alpha value is -2.95. The number of carbonyl (C=O) groups excluding carboxylic acids is 1. The monoisotopic (exact) mass is 347 g/mol. The third-order valence-corrected chi connectivity index (χ3v) is 5.25. The van der Waals surface area contributed by atoms with E-state index in [9.17, 15) is 9.59 Å². The maximum Gasteiger partial charge on any atom is 0.261 e. The summed E-state index contributed by atoms with van der Waals surface area (Å²) >= 11 is 0. The number of aromatic nitrogens is 2. The minimum Gasteiger partial charge on any atom is -0.335 e. The summed E-state index contributed by atoms with van der Waals surface area (Å²) in [5.41, 5.74) is 2.23. The molecule has 1 aliphatic rings. The Bertz CT molecular complexity index is 1040. The molecule has 5 nitrogen and oxygen atoms in total. The molecule has 2 aromatic carbocycles. The fourth-order valence-electron chi connectivity index (χ4n) is 3.55. The van der Waals surface area contributed by atoms with E-state index in [0.717, 1.165) is 30.8 Å². The van der Waals surface area contributed by atoms with Gasteiger partial charge in [-0.15, -0.1) is 0 Å². The van der Waals surface area contributed by atoms with Gasteiger partial charge in [0.25, 0.3) is 11.5 Å². The number of amides is 1. The Labute approximate surface area is 151 Å². The van der Waals surface area contributed by atoms with Crippen LogP contribution >= 0.6 is 0 Å². The molecule has 1 aromatic heterocycles. The number of hydrogen-bond donors (Lipinski definition) is 0. The van der Waals surface area contributed by atoms with Crippen molar-refractivity contribution in [2.75, 3.05) is 7.05 Å². The average molecular weight is 347 g/mol. The SMILES string of the molecule is CC(c1ccccc1)N(C)C(=O)c1ccc2c(=O)n3c(nc2c1)CCC3. The van der Waals surface area contributed by atoms with E-state index in [2.05, 4.69) is 4.98 Å². The fraction of sp³-hybridized carbons (Fsp3) is 0.286. The molecule has 0 N–H and O–H groups in total. The topological polar surface area (TPSA) is 55.2 Å². The van der Waals surface area contributed by atoms with E-state index in [1.54, 1.807) is 34.7 Å². The molecule has 0 spiro atoms. The first-order valence-electron chi connectivity index (χ1n) is 8.92. The van der Waals surface area contributed by atoms with Gasteiger partial charge in [0.2, 0.25) is 0 Å². The molecule has 26 heavy (non-hydrogen) atoms. The second-order valence-electron chi connectivity index (χ2n) is 6.82. The van der Waals surface area contributed by atoms with Crippen molar-refractivity contribution >= 4 is 16.8 Å². The number of benzene rings is 2. The molecule has 0 fully saturated rings. The molecule has 2 heterocycles. The van der Waals surface area contributed by atoms with Crippen LogP contribution in [0, 0.1) is 0 Å². The maximum atomic E-state index is 12.9. The van der Waals surface area contributed by atoms with Crippen molar-refractivity contribution in [1.82, 2.24) is 14.5 Å². The highest BCUT2D eigenvalue weighted by molar-refractivity contribution is 5.97. The second-order valence-corrected chi connectivity index (χ2v) is 6.82. The van der Waals surface area contributed by atoms with Crippen LogP contribution in [-0.2, 0) is 13.0 Å². The van der Waals surface area contributed by atoms with Crippen molar-refractivity contribution in [3.63, 3.8) is 0 Å². The van der Waals surface area contributed by atoms with E-state index in [1.165, 1.54) is 0 Å². The van der Waals surface area contributed by atoms with E-state index in [4.69, 9.17) is 0 Å². The quantitative estimate of drug-likeness (QED) is 0.731. The van der Waals surface area contributed by atoms with E-state index in [-0.39, 0.29) is 17.5 Å². The zero-order valence-electron chi connectivity index (χ0n) is 15.0. The van der Waals surface area contributed by atoms with Crippen LogP contribution in [0.3, 0.4) is 0 Å². The van der Waals surface area contributed by atoms with Crippen molar-refractivity contribution in [2.24, 2.45) is 0 Å². The number of aryl methyl sites for hydroxylation is 1. The zero-order chi connectivity index (χ0) is 18.3. The van der Waals surface area contributed by atoms with Gasteiger partial charge in [-0.1, -0.05) is 30.3 Å². The highest BCUT2D eigenvalue weighted by Crippen LogP contribution is 2.22. The Morgan fingerprint density at radius 2 is 1.96 bits per heavy atom. The van der Waals surface area contributed by atoms with Crippen LogP contribution in [0.2, 0.25) is 0 Å². The predicted octanol–water partition coefficient (Wildman–Crippen LogP) is 3.18. The number of hydrogen-bond acceptors (Lipinski definition) is 3. The third-order valence-electron chi connectivity index (χ3n) is 5.25. The fourth-order valence-corrected chi connectivity index (χ4v) is 3.55. The summed E-state index contributed by atoms with van der Waals surface area (Å²) in [5, 5.41) is 0.575. The summed E-state index contributed by atoms with van der Waals surface area (Å²) in [5.74, 6) is 0.740. The molecule has 0 radical (unpaired) electrons. The Morgan fingerprint density at radius 3 is 2.73 bits per heavy atom. The van der Waals surface area contributed by atoms with Crippen LogP contribution < -0.4 is 5.56 Å². The molecule has 0 saturated heterocycles. The van der Waals surface area contributed by atoms with Crippen LogP contribution in [0.4, 0.5) is 0 Å². The third kappa shape index (κ3) is 2.69. The van der Waals surface area contributed by atoms with E-state index in [0.29, 0.717) is 16.5 Å². The summed E-state index contributed by atoms with van der Waals surface area (Å²) in [6.45, 7) is 2.74. The first-order valence-corrected chi connectivity index (χ1v) is 8.92. The van der Waals surface area contributed by atoms with Gasteiger partial charge in [-0.3, -0.25) is 14.2 Å². The summed E-state index contributed by atoms with van der Waals surface area (Å²) in [6.07, 6.45) is 1.76. The lowest BCUT2D eigenvalue weighted by Gasteiger charge is -2.25. The van der Waals surface area contributed by atoms with Gasteiger partial charge in [-0.05, 0) is 37.1 Å². The van der Waals surface area contributed by atoms with Gasteiger partial charge in [-0.2, -0.15) is 0 Å². The van der Waals surface area contributed by atoms with Gasteiger partial charge in [0.05, 0.1) is 16.9 Å². The normalized spacial score (nSPS) is 14.2. The van der Waals surface area contributed by atoms with Gasteiger partial charge in [0.15, 0.2) is 0 Å². The lowest BCUT2D eigenvalue weighted by molar-refractivity contribution is 0.0743. The summed E-state index contributed by atoms with van der Waals surface area (Å²) in [7, 11) is 1.80. The summed E-state index contributed by atoms with van der Waals surface area (Å²) in [4.78, 5) is 31.8. The van der Waals surface area contributed by atoms with Crippen LogP contribution in [0.15, 0.2) is 53.3 Å². The molecular weight excluding hydrogens is 326 g/mol. The van der Waals surface area contributed by atoms with Gasteiger partial charge in [-0.25, -0.2) is 4.98 Å². The minimum absolute atomic E-state index is 0.00694. The molecule has 132 valence electrons. The second kappa shape index (κ2) is 6.41. The molecule has 1 amide bonds. The molecule has 0 saturated carbocycles. The van der Waals surface area contributed by atoms with E-state index in [1.807, 2.05) is 37.3 Å². The Balaban J connectivity index is 1.69. The smallest absolute Gasteiger partial charge is 0.261 e. The van der Waals surface area contributed by atoms with Gasteiger partial charge < -0.3 is 4.90 Å². The average Bonchev–Trinajstić information content (AvgIpc) is 3.15. The number of rotatable bonds is 3. The zero-order valence-corrected chi connectivity index (χ0v) is 15.0. The van der Waals surface area contributed by atoms with Crippen LogP contribution in [-0.4, -0.2) is 27.4 Å². The maximum absolute atomic E-state index is 12.9. The van der Waals surface area contributed by atoms with Crippen molar-refractivity contribution < 1.29 is 4.79 Å². The molecular formula is C21H21N3O2. The number of nitrogens with zero attached hydrogens (tertiary/aromatic N) is 3. The van der Waals surface area contributed by atoms with Crippen LogP contribution in [0.5, 0.6) is 0 Å². The first-order chi connectivity index (χ1) is 12.6. The largest absolute Gasteiger partial charge is 0.335 e. The molecule has 5 heteroatoms.